The first-order chi connectivity index (χ1) is 10.2. The van der Waals surface area contributed by atoms with E-state index in [1.165, 1.54) is 17.5 Å². The molecule has 3 atom stereocenters. The maximum absolute atomic E-state index is 5.79. The summed E-state index contributed by atoms with van der Waals surface area (Å²) in [5.74, 6) is 0. The summed E-state index contributed by atoms with van der Waals surface area (Å²) in [6, 6.07) is 9.71. The van der Waals surface area contributed by atoms with Gasteiger partial charge in [-0.3, -0.25) is 4.90 Å². The second kappa shape index (κ2) is 7.92. The van der Waals surface area contributed by atoms with Crippen LogP contribution < -0.4 is 5.32 Å². The monoisotopic (exact) mass is 290 g/mol. The summed E-state index contributed by atoms with van der Waals surface area (Å²) in [6.07, 6.45) is 2.67. The fraction of sp³-hybridized carbons (Fsp3) is 0.667. The van der Waals surface area contributed by atoms with Crippen molar-refractivity contribution in [1.82, 2.24) is 10.2 Å². The van der Waals surface area contributed by atoms with Gasteiger partial charge in [0.2, 0.25) is 0 Å². The third-order valence-corrected chi connectivity index (χ3v) is 4.67. The molecule has 1 heterocycles. The molecule has 0 aromatic heterocycles. The summed E-state index contributed by atoms with van der Waals surface area (Å²) in [7, 11) is 2.07. The molecule has 0 aliphatic carbocycles. The summed E-state index contributed by atoms with van der Waals surface area (Å²) in [6.45, 7) is 9.70. The zero-order chi connectivity index (χ0) is 15.2. The Kier molecular flexibility index (Phi) is 6.22. The van der Waals surface area contributed by atoms with Gasteiger partial charge in [-0.1, -0.05) is 31.2 Å². The zero-order valence-corrected chi connectivity index (χ0v) is 13.9. The lowest BCUT2D eigenvalue weighted by molar-refractivity contribution is -0.0566. The van der Waals surface area contributed by atoms with Crippen LogP contribution in [0.3, 0.4) is 0 Å². The van der Waals surface area contributed by atoms with Crippen LogP contribution in [0.25, 0.3) is 0 Å². The Morgan fingerprint density at radius 1 is 1.38 bits per heavy atom. The molecule has 1 saturated heterocycles. The molecule has 1 aromatic rings. The van der Waals surface area contributed by atoms with Gasteiger partial charge < -0.3 is 10.1 Å². The number of hydrogen-bond donors (Lipinski definition) is 1. The highest BCUT2D eigenvalue weighted by Gasteiger charge is 2.26. The fourth-order valence-electron chi connectivity index (χ4n) is 3.29. The second-order valence-electron chi connectivity index (χ2n) is 6.19. The topological polar surface area (TPSA) is 24.5 Å². The smallest absolute Gasteiger partial charge is 0.0674 e. The molecule has 0 amide bonds. The van der Waals surface area contributed by atoms with Crippen LogP contribution >= 0.6 is 0 Å². The Hall–Kier alpha value is -0.900. The standard InChI is InChI=1S/C18H30N2O/c1-5-16-13-21-15(3)12-20(16)11-10-18(19-4)17-9-7-6-8-14(17)2/h6-9,15-16,18-19H,5,10-13H2,1-4H3. The van der Waals surface area contributed by atoms with Crippen molar-refractivity contribution in [2.24, 2.45) is 0 Å². The van der Waals surface area contributed by atoms with Crippen LogP contribution in [-0.4, -0.2) is 43.8 Å². The minimum atomic E-state index is 0.360. The quantitative estimate of drug-likeness (QED) is 0.871. The molecule has 1 aliphatic rings. The Morgan fingerprint density at radius 3 is 2.81 bits per heavy atom. The van der Waals surface area contributed by atoms with E-state index in [1.807, 2.05) is 0 Å². The molecule has 2 rings (SSSR count). The fourth-order valence-corrected chi connectivity index (χ4v) is 3.29. The molecule has 0 saturated carbocycles. The first kappa shape index (κ1) is 16.5. The van der Waals surface area contributed by atoms with Gasteiger partial charge in [-0.25, -0.2) is 0 Å². The van der Waals surface area contributed by atoms with Crippen LogP contribution in [0.5, 0.6) is 0 Å². The van der Waals surface area contributed by atoms with Crippen molar-refractivity contribution in [3.63, 3.8) is 0 Å². The van der Waals surface area contributed by atoms with E-state index in [4.69, 9.17) is 4.74 Å². The molecule has 1 N–H and O–H groups in total. The number of morpholine rings is 1. The maximum Gasteiger partial charge on any atom is 0.0674 e. The van der Waals surface area contributed by atoms with Gasteiger partial charge in [0.25, 0.3) is 0 Å². The van der Waals surface area contributed by atoms with Gasteiger partial charge in [0.1, 0.15) is 0 Å². The van der Waals surface area contributed by atoms with Gasteiger partial charge >= 0.3 is 0 Å². The summed E-state index contributed by atoms with van der Waals surface area (Å²) in [5, 5.41) is 3.48. The predicted molar refractivity (Wildman–Crippen MR) is 88.7 cm³/mol. The van der Waals surface area contributed by atoms with E-state index in [2.05, 4.69) is 62.3 Å². The molecule has 3 unspecified atom stereocenters. The highest BCUT2D eigenvalue weighted by atomic mass is 16.5. The average Bonchev–Trinajstić information content (AvgIpc) is 2.49. The number of nitrogens with zero attached hydrogens (tertiary/aromatic N) is 1. The van der Waals surface area contributed by atoms with Crippen molar-refractivity contribution in [2.75, 3.05) is 26.7 Å². The van der Waals surface area contributed by atoms with Crippen molar-refractivity contribution in [3.8, 4) is 0 Å². The number of benzene rings is 1. The molecule has 0 spiro atoms. The molecule has 118 valence electrons. The van der Waals surface area contributed by atoms with E-state index < -0.39 is 0 Å². The largest absolute Gasteiger partial charge is 0.376 e. The first-order valence-corrected chi connectivity index (χ1v) is 8.24. The molecular weight excluding hydrogens is 260 g/mol. The summed E-state index contributed by atoms with van der Waals surface area (Å²) >= 11 is 0. The molecule has 3 nitrogen and oxygen atoms in total. The number of ether oxygens (including phenoxy) is 1. The van der Waals surface area contributed by atoms with Crippen LogP contribution in [0.1, 0.15) is 43.9 Å². The predicted octanol–water partition coefficient (Wildman–Crippen LogP) is 3.14. The van der Waals surface area contributed by atoms with Gasteiger partial charge in [0, 0.05) is 25.2 Å². The molecule has 0 bridgehead atoms. The van der Waals surface area contributed by atoms with Crippen LogP contribution in [0, 0.1) is 6.92 Å². The third kappa shape index (κ3) is 4.29. The van der Waals surface area contributed by atoms with Gasteiger partial charge in [-0.05, 0) is 44.9 Å². The van der Waals surface area contributed by atoms with E-state index in [9.17, 15) is 0 Å². The minimum absolute atomic E-state index is 0.360. The van der Waals surface area contributed by atoms with Crippen LogP contribution in [0.2, 0.25) is 0 Å². The highest BCUT2D eigenvalue weighted by Crippen LogP contribution is 2.22. The van der Waals surface area contributed by atoms with Crippen molar-refractivity contribution >= 4 is 0 Å². The molecule has 21 heavy (non-hydrogen) atoms. The summed E-state index contributed by atoms with van der Waals surface area (Å²) in [5.41, 5.74) is 2.80. The molecule has 0 radical (unpaired) electrons. The molecule has 1 aromatic carbocycles. The molecule has 1 aliphatic heterocycles. The van der Waals surface area contributed by atoms with Crippen LogP contribution in [-0.2, 0) is 4.74 Å². The Morgan fingerprint density at radius 2 is 2.14 bits per heavy atom. The lowest BCUT2D eigenvalue weighted by Crippen LogP contribution is -2.49. The Balaban J connectivity index is 1.97. The van der Waals surface area contributed by atoms with E-state index in [-0.39, 0.29) is 0 Å². The van der Waals surface area contributed by atoms with E-state index in [1.54, 1.807) is 0 Å². The number of hydrogen-bond acceptors (Lipinski definition) is 3. The molecule has 3 heteroatoms. The van der Waals surface area contributed by atoms with E-state index in [0.29, 0.717) is 18.2 Å². The van der Waals surface area contributed by atoms with Crippen molar-refractivity contribution < 1.29 is 4.74 Å². The number of nitrogens with one attached hydrogen (secondary N) is 1. The number of aryl methyl sites for hydroxylation is 1. The minimum Gasteiger partial charge on any atom is -0.376 e. The lowest BCUT2D eigenvalue weighted by atomic mass is 9.98. The average molecular weight is 290 g/mol. The highest BCUT2D eigenvalue weighted by molar-refractivity contribution is 5.28. The Labute approximate surface area is 129 Å². The Bertz CT molecular complexity index is 435. The van der Waals surface area contributed by atoms with Crippen molar-refractivity contribution in [3.05, 3.63) is 35.4 Å². The third-order valence-electron chi connectivity index (χ3n) is 4.67. The number of rotatable bonds is 6. The molecule has 1 fully saturated rings. The zero-order valence-electron chi connectivity index (χ0n) is 13.9. The SMILES string of the molecule is CCC1COC(C)CN1CCC(NC)c1ccccc1C. The van der Waals surface area contributed by atoms with Crippen molar-refractivity contribution in [2.45, 2.75) is 51.8 Å². The second-order valence-corrected chi connectivity index (χ2v) is 6.19. The van der Waals surface area contributed by atoms with Gasteiger partial charge in [-0.15, -0.1) is 0 Å². The first-order valence-electron chi connectivity index (χ1n) is 8.24. The van der Waals surface area contributed by atoms with Gasteiger partial charge in [0.05, 0.1) is 12.7 Å². The van der Waals surface area contributed by atoms with Crippen LogP contribution in [0.15, 0.2) is 24.3 Å². The van der Waals surface area contributed by atoms with Gasteiger partial charge in [0.15, 0.2) is 0 Å². The summed E-state index contributed by atoms with van der Waals surface area (Å²) < 4.78 is 5.79. The van der Waals surface area contributed by atoms with Gasteiger partial charge in [-0.2, -0.15) is 0 Å². The normalized spacial score (nSPS) is 25.0. The van der Waals surface area contributed by atoms with E-state index >= 15 is 0 Å². The maximum atomic E-state index is 5.79. The molecular formula is C18H30N2O. The van der Waals surface area contributed by atoms with Crippen molar-refractivity contribution in [1.29, 1.82) is 0 Å². The lowest BCUT2D eigenvalue weighted by Gasteiger charge is -2.39. The van der Waals surface area contributed by atoms with Crippen LogP contribution in [0.4, 0.5) is 0 Å². The summed E-state index contributed by atoms with van der Waals surface area (Å²) in [4.78, 5) is 2.61. The van der Waals surface area contributed by atoms with E-state index in [0.717, 1.165) is 26.1 Å².